The zero-order valence-electron chi connectivity index (χ0n) is 10.8. The first kappa shape index (κ1) is 13.6. The molecule has 0 radical (unpaired) electrons. The summed E-state index contributed by atoms with van der Waals surface area (Å²) in [5.74, 6) is 1.99. The van der Waals surface area contributed by atoms with Gasteiger partial charge in [0.15, 0.2) is 0 Å². The Hall–Kier alpha value is -1.82. The first-order valence-electron chi connectivity index (χ1n) is 5.79. The van der Waals surface area contributed by atoms with E-state index in [-0.39, 0.29) is 5.78 Å². The smallest absolute Gasteiger partial charge is 0.276 e. The van der Waals surface area contributed by atoms with Gasteiger partial charge in [0.05, 0.1) is 7.11 Å². The van der Waals surface area contributed by atoms with Crippen molar-refractivity contribution in [2.45, 2.75) is 18.6 Å². The molecular weight excluding hydrogens is 264 g/mol. The first-order valence-corrected chi connectivity index (χ1v) is 6.78. The van der Waals surface area contributed by atoms with Crippen LogP contribution in [-0.2, 0) is 4.79 Å². The van der Waals surface area contributed by atoms with Crippen molar-refractivity contribution >= 4 is 17.5 Å². The number of carbonyl (C=O) groups is 1. The minimum absolute atomic E-state index is 0.153. The second kappa shape index (κ2) is 6.38. The van der Waals surface area contributed by atoms with E-state index in [0.717, 1.165) is 11.3 Å². The molecule has 0 aliphatic carbocycles. The Balaban J connectivity index is 2.05. The summed E-state index contributed by atoms with van der Waals surface area (Å²) >= 11 is 1.38. The molecule has 0 aliphatic rings. The Morgan fingerprint density at radius 2 is 2.26 bits per heavy atom. The van der Waals surface area contributed by atoms with Crippen LogP contribution < -0.4 is 4.74 Å². The minimum atomic E-state index is 0.153. The van der Waals surface area contributed by atoms with Gasteiger partial charge in [-0.3, -0.25) is 4.79 Å². The van der Waals surface area contributed by atoms with Crippen LogP contribution in [-0.4, -0.2) is 28.8 Å². The Bertz CT molecular complexity index is 569. The minimum Gasteiger partial charge on any atom is -0.497 e. The maximum Gasteiger partial charge on any atom is 0.276 e. The lowest BCUT2D eigenvalue weighted by atomic mass is 10.2. The van der Waals surface area contributed by atoms with Crippen molar-refractivity contribution in [1.82, 2.24) is 10.2 Å². The summed E-state index contributed by atoms with van der Waals surface area (Å²) in [7, 11) is 1.61. The molecule has 100 valence electrons. The Kier molecular flexibility index (Phi) is 4.57. The predicted octanol–water partition coefficient (Wildman–Crippen LogP) is 2.82. The van der Waals surface area contributed by atoms with Crippen LogP contribution in [0.15, 0.2) is 33.9 Å². The van der Waals surface area contributed by atoms with E-state index in [1.165, 1.54) is 11.8 Å². The van der Waals surface area contributed by atoms with Crippen LogP contribution in [0.3, 0.4) is 0 Å². The van der Waals surface area contributed by atoms with Gasteiger partial charge in [0, 0.05) is 17.7 Å². The highest BCUT2D eigenvalue weighted by Crippen LogP contribution is 2.25. The number of rotatable bonds is 6. The number of carbonyl (C=O) groups excluding carboxylic acids is 1. The Morgan fingerprint density at radius 1 is 1.42 bits per heavy atom. The van der Waals surface area contributed by atoms with Gasteiger partial charge in [-0.15, -0.1) is 10.2 Å². The largest absolute Gasteiger partial charge is 0.497 e. The molecule has 0 fully saturated rings. The summed E-state index contributed by atoms with van der Waals surface area (Å²) in [4.78, 5) is 10.8. The molecular formula is C13H14N2O3S. The SMILES string of the molecule is COc1cccc(-c2nnc(SCCC(C)=O)o2)c1. The number of aromatic nitrogens is 2. The molecule has 0 spiro atoms. The maximum absolute atomic E-state index is 10.8. The van der Waals surface area contributed by atoms with Gasteiger partial charge in [0.2, 0.25) is 5.89 Å². The lowest BCUT2D eigenvalue weighted by Gasteiger charge is -2.00. The molecule has 0 atom stereocenters. The summed E-state index contributed by atoms with van der Waals surface area (Å²) in [5, 5.41) is 8.39. The number of Topliss-reactive ketones (excluding diaryl/α,β-unsaturated/α-hetero) is 1. The second-order valence-corrected chi connectivity index (χ2v) is 4.95. The standard InChI is InChI=1S/C13H14N2O3S/c1-9(16)6-7-19-13-15-14-12(18-13)10-4-3-5-11(8-10)17-2/h3-5,8H,6-7H2,1-2H3. The van der Waals surface area contributed by atoms with Crippen molar-refractivity contribution in [3.63, 3.8) is 0 Å². The molecule has 1 aromatic carbocycles. The predicted molar refractivity (Wildman–Crippen MR) is 72.3 cm³/mol. The van der Waals surface area contributed by atoms with Crippen molar-refractivity contribution in [2.24, 2.45) is 0 Å². The van der Waals surface area contributed by atoms with Gasteiger partial charge in [-0.25, -0.2) is 0 Å². The van der Waals surface area contributed by atoms with E-state index in [4.69, 9.17) is 9.15 Å². The highest BCUT2D eigenvalue weighted by Gasteiger charge is 2.09. The van der Waals surface area contributed by atoms with Crippen LogP contribution in [0, 0.1) is 0 Å². The monoisotopic (exact) mass is 278 g/mol. The quantitative estimate of drug-likeness (QED) is 0.757. The van der Waals surface area contributed by atoms with Gasteiger partial charge >= 0.3 is 0 Å². The number of thioether (sulfide) groups is 1. The summed E-state index contributed by atoms with van der Waals surface area (Å²) in [6.07, 6.45) is 0.502. The average molecular weight is 278 g/mol. The molecule has 1 aromatic heterocycles. The van der Waals surface area contributed by atoms with E-state index in [0.29, 0.717) is 23.3 Å². The van der Waals surface area contributed by atoms with Gasteiger partial charge in [0.1, 0.15) is 11.5 Å². The van der Waals surface area contributed by atoms with Gasteiger partial charge in [0.25, 0.3) is 5.22 Å². The zero-order valence-corrected chi connectivity index (χ0v) is 11.6. The first-order chi connectivity index (χ1) is 9.19. The number of ketones is 1. The van der Waals surface area contributed by atoms with Crippen molar-refractivity contribution < 1.29 is 13.9 Å². The van der Waals surface area contributed by atoms with Crippen LogP contribution in [0.2, 0.25) is 0 Å². The average Bonchev–Trinajstić information content (AvgIpc) is 2.87. The number of ether oxygens (including phenoxy) is 1. The van der Waals surface area contributed by atoms with Crippen molar-refractivity contribution in [2.75, 3.05) is 12.9 Å². The van der Waals surface area contributed by atoms with Gasteiger partial charge < -0.3 is 9.15 Å². The van der Waals surface area contributed by atoms with Crippen molar-refractivity contribution in [3.05, 3.63) is 24.3 Å². The third-order valence-corrected chi connectivity index (χ3v) is 3.22. The number of hydrogen-bond acceptors (Lipinski definition) is 6. The summed E-state index contributed by atoms with van der Waals surface area (Å²) < 4.78 is 10.7. The van der Waals surface area contributed by atoms with E-state index in [1.54, 1.807) is 14.0 Å². The summed E-state index contributed by atoms with van der Waals surface area (Å²) in [6.45, 7) is 1.57. The fraction of sp³-hybridized carbons (Fsp3) is 0.308. The third-order valence-electron chi connectivity index (χ3n) is 2.40. The Labute approximate surface area is 115 Å². The van der Waals surface area contributed by atoms with Gasteiger partial charge in [-0.2, -0.15) is 0 Å². The van der Waals surface area contributed by atoms with Crippen LogP contribution in [0.25, 0.3) is 11.5 Å². The molecule has 0 aliphatic heterocycles. The van der Waals surface area contributed by atoms with Gasteiger partial charge in [-0.1, -0.05) is 17.8 Å². The van der Waals surface area contributed by atoms with Gasteiger partial charge in [-0.05, 0) is 25.1 Å². The maximum atomic E-state index is 10.8. The van der Waals surface area contributed by atoms with E-state index < -0.39 is 0 Å². The highest BCUT2D eigenvalue weighted by atomic mass is 32.2. The van der Waals surface area contributed by atoms with E-state index >= 15 is 0 Å². The molecule has 0 unspecified atom stereocenters. The zero-order chi connectivity index (χ0) is 13.7. The number of methoxy groups -OCH3 is 1. The number of hydrogen-bond donors (Lipinski definition) is 0. The lowest BCUT2D eigenvalue weighted by molar-refractivity contribution is -0.116. The molecule has 0 saturated carbocycles. The van der Waals surface area contributed by atoms with Crippen molar-refractivity contribution in [3.8, 4) is 17.2 Å². The van der Waals surface area contributed by atoms with Crippen LogP contribution in [0.5, 0.6) is 5.75 Å². The molecule has 6 heteroatoms. The summed E-state index contributed by atoms with van der Waals surface area (Å²) in [5.41, 5.74) is 0.810. The number of benzene rings is 1. The molecule has 2 aromatic rings. The molecule has 0 N–H and O–H groups in total. The molecule has 0 saturated heterocycles. The Morgan fingerprint density at radius 3 is 3.00 bits per heavy atom. The van der Waals surface area contributed by atoms with Crippen molar-refractivity contribution in [1.29, 1.82) is 0 Å². The molecule has 2 rings (SSSR count). The topological polar surface area (TPSA) is 65.2 Å². The van der Waals surface area contributed by atoms with Crippen LogP contribution in [0.1, 0.15) is 13.3 Å². The normalized spacial score (nSPS) is 10.4. The molecule has 5 nitrogen and oxygen atoms in total. The van der Waals surface area contributed by atoms with Crippen LogP contribution in [0.4, 0.5) is 0 Å². The molecule has 0 amide bonds. The molecule has 0 bridgehead atoms. The van der Waals surface area contributed by atoms with E-state index in [1.807, 2.05) is 24.3 Å². The van der Waals surface area contributed by atoms with E-state index in [2.05, 4.69) is 10.2 Å². The fourth-order valence-electron chi connectivity index (χ4n) is 1.42. The second-order valence-electron chi connectivity index (χ2n) is 3.91. The van der Waals surface area contributed by atoms with E-state index in [9.17, 15) is 4.79 Å². The van der Waals surface area contributed by atoms with Crippen LogP contribution >= 0.6 is 11.8 Å². The number of nitrogens with zero attached hydrogens (tertiary/aromatic N) is 2. The lowest BCUT2D eigenvalue weighted by Crippen LogP contribution is -1.91. The summed E-state index contributed by atoms with van der Waals surface area (Å²) in [6, 6.07) is 7.42. The third kappa shape index (κ3) is 3.82. The fourth-order valence-corrected chi connectivity index (χ4v) is 2.22. The highest BCUT2D eigenvalue weighted by molar-refractivity contribution is 7.99. The molecule has 19 heavy (non-hydrogen) atoms. The molecule has 1 heterocycles.